The number of sulfonamides is 1. The molecule has 6 heteroatoms. The van der Waals surface area contributed by atoms with Crippen LogP contribution in [0.25, 0.3) is 0 Å². The van der Waals surface area contributed by atoms with Gasteiger partial charge in [-0.05, 0) is 30.5 Å². The summed E-state index contributed by atoms with van der Waals surface area (Å²) in [4.78, 5) is 0.168. The maximum atomic E-state index is 12.0. The Hall–Kier alpha value is -0.780. The Morgan fingerprint density at radius 1 is 1.53 bits per heavy atom. The van der Waals surface area contributed by atoms with Crippen LogP contribution in [0.5, 0.6) is 0 Å². The average Bonchev–Trinajstić information content (AvgIpc) is 2.99. The van der Waals surface area contributed by atoms with Crippen molar-refractivity contribution in [1.82, 2.24) is 4.72 Å². The van der Waals surface area contributed by atoms with E-state index >= 15 is 0 Å². The van der Waals surface area contributed by atoms with Gasteiger partial charge in [-0.2, -0.15) is 0 Å². The second-order valence-corrected chi connectivity index (χ2v) is 6.44. The monoisotopic (exact) mass is 274 g/mol. The first-order valence-corrected chi connectivity index (χ1v) is 7.37. The van der Waals surface area contributed by atoms with Crippen LogP contribution in [0.2, 0.25) is 5.02 Å². The van der Waals surface area contributed by atoms with Gasteiger partial charge in [0.1, 0.15) is 0 Å². The van der Waals surface area contributed by atoms with E-state index in [1.165, 1.54) is 18.2 Å². The first kappa shape index (κ1) is 12.7. The van der Waals surface area contributed by atoms with E-state index in [0.717, 1.165) is 12.8 Å². The van der Waals surface area contributed by atoms with Crippen molar-refractivity contribution < 1.29 is 8.42 Å². The second kappa shape index (κ2) is 4.48. The summed E-state index contributed by atoms with van der Waals surface area (Å²) < 4.78 is 26.7. The lowest BCUT2D eigenvalue weighted by molar-refractivity contribution is 0.576. The summed E-state index contributed by atoms with van der Waals surface area (Å²) in [5, 5.41) is 0.363. The molecule has 3 N–H and O–H groups in total. The van der Waals surface area contributed by atoms with Gasteiger partial charge in [0.15, 0.2) is 0 Å². The van der Waals surface area contributed by atoms with Crippen molar-refractivity contribution in [2.45, 2.75) is 30.7 Å². The molecule has 17 heavy (non-hydrogen) atoms. The van der Waals surface area contributed by atoms with E-state index in [1.807, 2.05) is 0 Å². The topological polar surface area (TPSA) is 72.2 Å². The predicted molar refractivity (Wildman–Crippen MR) is 68.4 cm³/mol. The van der Waals surface area contributed by atoms with Gasteiger partial charge in [-0.3, -0.25) is 0 Å². The van der Waals surface area contributed by atoms with Crippen LogP contribution in [0, 0.1) is 5.92 Å². The Bertz CT molecular complexity index is 530. The Kier molecular flexibility index (Phi) is 3.34. The van der Waals surface area contributed by atoms with Crippen LogP contribution in [-0.2, 0) is 10.0 Å². The number of hydrogen-bond donors (Lipinski definition) is 2. The molecule has 1 saturated carbocycles. The molecular formula is C11H15ClN2O2S. The SMILES string of the molecule is CCC1CC1NS(=O)(=O)c1ccc(Cl)c(N)c1. The smallest absolute Gasteiger partial charge is 0.240 e. The van der Waals surface area contributed by atoms with Gasteiger partial charge in [0.25, 0.3) is 0 Å². The van der Waals surface area contributed by atoms with Crippen LogP contribution in [-0.4, -0.2) is 14.5 Å². The van der Waals surface area contributed by atoms with Gasteiger partial charge in [-0.25, -0.2) is 13.1 Å². The van der Waals surface area contributed by atoms with Crippen molar-refractivity contribution >= 4 is 27.3 Å². The number of nitrogens with one attached hydrogen (secondary N) is 1. The molecule has 94 valence electrons. The van der Waals surface area contributed by atoms with E-state index in [2.05, 4.69) is 11.6 Å². The van der Waals surface area contributed by atoms with Crippen LogP contribution in [0.15, 0.2) is 23.1 Å². The van der Waals surface area contributed by atoms with Crippen LogP contribution in [0.4, 0.5) is 5.69 Å². The summed E-state index contributed by atoms with van der Waals surface area (Å²) in [5.41, 5.74) is 5.87. The highest BCUT2D eigenvalue weighted by atomic mass is 35.5. The maximum absolute atomic E-state index is 12.0. The Labute approximate surface area is 106 Å². The standard InChI is InChI=1S/C11H15ClN2O2S/c1-2-7-5-11(7)14-17(15,16)8-3-4-9(12)10(13)6-8/h3-4,6-7,11,14H,2,5,13H2,1H3. The van der Waals surface area contributed by atoms with Crippen molar-refractivity contribution in [3.8, 4) is 0 Å². The van der Waals surface area contributed by atoms with Crippen molar-refractivity contribution in [1.29, 1.82) is 0 Å². The summed E-state index contributed by atoms with van der Waals surface area (Å²) in [5.74, 6) is 0.467. The number of rotatable bonds is 4. The largest absolute Gasteiger partial charge is 0.397 e. The van der Waals surface area contributed by atoms with Crippen LogP contribution < -0.4 is 10.5 Å². The van der Waals surface area contributed by atoms with E-state index in [0.29, 0.717) is 10.9 Å². The Morgan fingerprint density at radius 3 is 2.76 bits per heavy atom. The van der Waals surface area contributed by atoms with Crippen LogP contribution >= 0.6 is 11.6 Å². The fourth-order valence-corrected chi connectivity index (χ4v) is 3.27. The van der Waals surface area contributed by atoms with E-state index in [1.54, 1.807) is 0 Å². The normalized spacial score (nSPS) is 23.6. The molecule has 1 aliphatic carbocycles. The third-order valence-corrected chi connectivity index (χ3v) is 4.86. The third-order valence-electron chi connectivity index (χ3n) is 3.03. The average molecular weight is 275 g/mol. The fourth-order valence-electron chi connectivity index (χ4n) is 1.80. The molecule has 0 aliphatic heterocycles. The third kappa shape index (κ3) is 2.73. The lowest BCUT2D eigenvalue weighted by Gasteiger charge is -2.07. The van der Waals surface area contributed by atoms with Crippen molar-refractivity contribution in [3.05, 3.63) is 23.2 Å². The summed E-state index contributed by atoms with van der Waals surface area (Å²) in [6, 6.07) is 4.41. The van der Waals surface area contributed by atoms with Gasteiger partial charge in [-0.1, -0.05) is 24.9 Å². The zero-order valence-electron chi connectivity index (χ0n) is 9.48. The number of benzene rings is 1. The molecule has 0 radical (unpaired) electrons. The fraction of sp³-hybridized carbons (Fsp3) is 0.455. The highest BCUT2D eigenvalue weighted by Gasteiger charge is 2.38. The molecule has 2 unspecified atom stereocenters. The highest BCUT2D eigenvalue weighted by Crippen LogP contribution is 2.34. The van der Waals surface area contributed by atoms with E-state index in [9.17, 15) is 8.42 Å². The molecule has 0 bridgehead atoms. The van der Waals surface area contributed by atoms with E-state index in [4.69, 9.17) is 17.3 Å². The number of hydrogen-bond acceptors (Lipinski definition) is 3. The van der Waals surface area contributed by atoms with Crippen LogP contribution in [0.1, 0.15) is 19.8 Å². The molecule has 0 amide bonds. The molecule has 0 saturated heterocycles. The molecule has 2 atom stereocenters. The molecule has 2 rings (SSSR count). The molecule has 0 aromatic heterocycles. The number of nitrogens with two attached hydrogens (primary N) is 1. The molecule has 1 aromatic carbocycles. The quantitative estimate of drug-likeness (QED) is 0.825. The molecule has 4 nitrogen and oxygen atoms in total. The van der Waals surface area contributed by atoms with E-state index in [-0.39, 0.29) is 16.6 Å². The van der Waals surface area contributed by atoms with Crippen molar-refractivity contribution in [2.75, 3.05) is 5.73 Å². The zero-order chi connectivity index (χ0) is 12.6. The number of nitrogen functional groups attached to an aromatic ring is 1. The number of halogens is 1. The van der Waals surface area contributed by atoms with Gasteiger partial charge < -0.3 is 5.73 Å². The van der Waals surface area contributed by atoms with Gasteiger partial charge >= 0.3 is 0 Å². The summed E-state index contributed by atoms with van der Waals surface area (Å²) >= 11 is 5.75. The molecule has 0 spiro atoms. The zero-order valence-corrected chi connectivity index (χ0v) is 11.1. The summed E-state index contributed by atoms with van der Waals surface area (Å²) in [6.07, 6.45) is 1.91. The van der Waals surface area contributed by atoms with Gasteiger partial charge in [0, 0.05) is 6.04 Å². The molecule has 0 heterocycles. The van der Waals surface area contributed by atoms with Crippen LogP contribution in [0.3, 0.4) is 0 Å². The lowest BCUT2D eigenvalue weighted by atomic mass is 10.3. The highest BCUT2D eigenvalue weighted by molar-refractivity contribution is 7.89. The molecule has 1 aliphatic rings. The Balaban J connectivity index is 2.17. The first-order chi connectivity index (χ1) is 7.94. The lowest BCUT2D eigenvalue weighted by Crippen LogP contribution is -2.27. The van der Waals surface area contributed by atoms with Gasteiger partial charge in [0.2, 0.25) is 10.0 Å². The predicted octanol–water partition coefficient (Wildman–Crippen LogP) is 2.00. The second-order valence-electron chi connectivity index (χ2n) is 4.32. The maximum Gasteiger partial charge on any atom is 0.240 e. The summed E-state index contributed by atoms with van der Waals surface area (Å²) in [6.45, 7) is 2.05. The molecule has 1 fully saturated rings. The minimum Gasteiger partial charge on any atom is -0.397 e. The minimum atomic E-state index is -3.47. The Morgan fingerprint density at radius 2 is 2.24 bits per heavy atom. The van der Waals surface area contributed by atoms with E-state index < -0.39 is 10.0 Å². The minimum absolute atomic E-state index is 0.0712. The van der Waals surface area contributed by atoms with Crippen molar-refractivity contribution in [3.63, 3.8) is 0 Å². The summed E-state index contributed by atoms with van der Waals surface area (Å²) in [7, 11) is -3.47. The van der Waals surface area contributed by atoms with Crippen molar-refractivity contribution in [2.24, 2.45) is 5.92 Å². The molecular weight excluding hydrogens is 260 g/mol. The first-order valence-electron chi connectivity index (χ1n) is 5.51. The molecule has 1 aromatic rings. The van der Waals surface area contributed by atoms with Gasteiger partial charge in [0.05, 0.1) is 15.6 Å². The van der Waals surface area contributed by atoms with Gasteiger partial charge in [-0.15, -0.1) is 0 Å². The number of anilines is 1.